The highest BCUT2D eigenvalue weighted by Gasteiger charge is 2.34. The molecule has 54 heavy (non-hydrogen) atoms. The average molecular weight is 808 g/mol. The Morgan fingerprint density at radius 2 is 1.31 bits per heavy atom. The number of nitrogens with zero attached hydrogens (tertiary/aromatic N) is 7. The Morgan fingerprint density at radius 1 is 0.741 bits per heavy atom. The lowest BCUT2D eigenvalue weighted by Gasteiger charge is -2.26. The van der Waals surface area contributed by atoms with Gasteiger partial charge in [-0.1, -0.05) is 60.7 Å². The molecule has 0 radical (unpaired) electrons. The van der Waals surface area contributed by atoms with Crippen LogP contribution in [0, 0.1) is 0 Å². The minimum Gasteiger partial charge on any atom is -0.497 e. The number of benzene rings is 5. The first-order valence-corrected chi connectivity index (χ1v) is 18.9. The number of fused-ring (bicyclic) bond motifs is 1. The number of para-hydroxylation sites is 1. The number of tetrazole rings is 1. The van der Waals surface area contributed by atoms with Gasteiger partial charge in [0.05, 0.1) is 39.0 Å². The van der Waals surface area contributed by atoms with E-state index < -0.39 is 10.0 Å². The summed E-state index contributed by atoms with van der Waals surface area (Å²) < 4.78 is 50.4. The predicted octanol–water partition coefficient (Wildman–Crippen LogP) is 6.76. The smallest absolute Gasteiger partial charge is 0.245 e. The maximum absolute atomic E-state index is 15.5. The van der Waals surface area contributed by atoms with Gasteiger partial charge in [0.2, 0.25) is 16.0 Å². The average Bonchev–Trinajstić information content (AvgIpc) is 3.65. The van der Waals surface area contributed by atoms with Crippen molar-refractivity contribution in [3.05, 3.63) is 130 Å². The molecule has 0 aliphatic carbocycles. The molecule has 15 heteroatoms. The van der Waals surface area contributed by atoms with E-state index in [0.29, 0.717) is 38.4 Å². The zero-order valence-corrected chi connectivity index (χ0v) is 32.0. The van der Waals surface area contributed by atoms with Crippen LogP contribution in [0.2, 0.25) is 0 Å². The molecule has 0 saturated heterocycles. The van der Waals surface area contributed by atoms with Crippen LogP contribution < -0.4 is 19.9 Å². The number of halogens is 1. The quantitative estimate of drug-likeness (QED) is 0.131. The molecule has 0 saturated carbocycles. The lowest BCUT2D eigenvalue weighted by atomic mass is 9.97. The molecule has 2 N–H and O–H groups in total. The van der Waals surface area contributed by atoms with Gasteiger partial charge >= 0.3 is 0 Å². The first-order chi connectivity index (χ1) is 26.2. The molecule has 0 bridgehead atoms. The van der Waals surface area contributed by atoms with Crippen LogP contribution in [-0.4, -0.2) is 64.2 Å². The van der Waals surface area contributed by atoms with E-state index in [1.165, 1.54) is 4.31 Å². The summed E-state index contributed by atoms with van der Waals surface area (Å²) >= 11 is 3.64. The number of nitrogen functional groups attached to an aromatic ring is 1. The maximum atomic E-state index is 15.5. The second kappa shape index (κ2) is 15.6. The van der Waals surface area contributed by atoms with Crippen molar-refractivity contribution in [1.82, 2.24) is 34.5 Å². The van der Waals surface area contributed by atoms with Gasteiger partial charge in [0.15, 0.2) is 5.82 Å². The van der Waals surface area contributed by atoms with Crippen LogP contribution in [0.15, 0.2) is 119 Å². The first-order valence-electron chi connectivity index (χ1n) is 16.7. The monoisotopic (exact) mass is 806 g/mol. The highest BCUT2D eigenvalue weighted by Crippen LogP contribution is 2.43. The fourth-order valence-corrected chi connectivity index (χ4v) is 8.77. The van der Waals surface area contributed by atoms with E-state index in [0.717, 1.165) is 22.1 Å². The molecule has 0 fully saturated rings. The first kappa shape index (κ1) is 36.5. The third kappa shape index (κ3) is 7.46. The molecule has 2 heterocycles. The summed E-state index contributed by atoms with van der Waals surface area (Å²) in [4.78, 5) is 8.73. The highest BCUT2D eigenvalue weighted by molar-refractivity contribution is 9.10. The molecule has 0 atom stereocenters. The Hall–Kier alpha value is -5.90. The van der Waals surface area contributed by atoms with E-state index in [9.17, 15) is 0 Å². The Kier molecular flexibility index (Phi) is 10.5. The molecule has 0 amide bonds. The van der Waals surface area contributed by atoms with Crippen LogP contribution >= 0.6 is 15.9 Å². The van der Waals surface area contributed by atoms with Crippen LogP contribution in [0.5, 0.6) is 17.2 Å². The molecule has 0 aliphatic rings. The Morgan fingerprint density at radius 3 is 1.89 bits per heavy atom. The van der Waals surface area contributed by atoms with Crippen molar-refractivity contribution in [3.63, 3.8) is 0 Å². The van der Waals surface area contributed by atoms with Crippen molar-refractivity contribution in [3.8, 4) is 39.8 Å². The SMILES string of the molecule is COc1ccc(CN(Cc2ccc(OC)cc2)S(=O)(=O)c2c(Br)ccc(-c3cccc4cnc(N)nc34)c2-c2nnnn2Cc2ccc(OC)cc2)cc1. The second-order valence-electron chi connectivity index (χ2n) is 12.2. The van der Waals surface area contributed by atoms with Crippen LogP contribution in [0.3, 0.4) is 0 Å². The van der Waals surface area contributed by atoms with Gasteiger partial charge in [-0.05, 0) is 91.1 Å². The number of sulfonamides is 1. The van der Waals surface area contributed by atoms with Crippen molar-refractivity contribution in [1.29, 1.82) is 0 Å². The third-order valence-electron chi connectivity index (χ3n) is 8.91. The van der Waals surface area contributed by atoms with E-state index >= 15 is 8.42 Å². The molecule has 0 unspecified atom stereocenters. The number of methoxy groups -OCH3 is 3. The van der Waals surface area contributed by atoms with E-state index in [-0.39, 0.29) is 41.9 Å². The Balaban J connectivity index is 1.45. The molecular weight excluding hydrogens is 772 g/mol. The minimum absolute atomic E-state index is 0.0214. The van der Waals surface area contributed by atoms with Crippen molar-refractivity contribution in [2.75, 3.05) is 27.1 Å². The van der Waals surface area contributed by atoms with Gasteiger partial charge in [0.25, 0.3) is 0 Å². The van der Waals surface area contributed by atoms with Gasteiger partial charge in [-0.15, -0.1) is 5.10 Å². The third-order valence-corrected chi connectivity index (χ3v) is 11.7. The summed E-state index contributed by atoms with van der Waals surface area (Å²) in [6.07, 6.45) is 1.64. The normalized spacial score (nSPS) is 11.6. The van der Waals surface area contributed by atoms with Gasteiger partial charge in [-0.2, -0.15) is 4.31 Å². The molecule has 7 rings (SSSR count). The lowest BCUT2D eigenvalue weighted by Crippen LogP contribution is -2.31. The highest BCUT2D eigenvalue weighted by atomic mass is 79.9. The molecule has 7 aromatic rings. The van der Waals surface area contributed by atoms with Gasteiger partial charge < -0.3 is 19.9 Å². The number of hydrogen-bond donors (Lipinski definition) is 1. The Bertz CT molecular complexity index is 2480. The molecule has 274 valence electrons. The van der Waals surface area contributed by atoms with Crippen LogP contribution in [0.4, 0.5) is 5.95 Å². The predicted molar refractivity (Wildman–Crippen MR) is 208 cm³/mol. The van der Waals surface area contributed by atoms with Crippen molar-refractivity contribution >= 4 is 42.8 Å². The van der Waals surface area contributed by atoms with E-state index in [1.54, 1.807) is 62.5 Å². The van der Waals surface area contributed by atoms with E-state index in [1.807, 2.05) is 72.8 Å². The fourth-order valence-electron chi connectivity index (χ4n) is 6.16. The standard InChI is InChI=1S/C39H35BrN8O5S/c1-51-29-13-7-25(8-14-29)22-47(23-26-9-15-30(52-2)16-10-26)54(49,50)37-34(40)20-19-32(33-6-4-5-28-21-42-39(41)43-36(28)33)35(37)38-44-45-46-48(38)24-27-11-17-31(53-3)18-12-27/h4-21H,22-24H2,1-3H3,(H2,41,42,43). The van der Waals surface area contributed by atoms with Gasteiger partial charge in [-0.3, -0.25) is 0 Å². The fraction of sp³-hybridized carbons (Fsp3) is 0.154. The summed E-state index contributed by atoms with van der Waals surface area (Å²) in [6, 6.07) is 31.2. The summed E-state index contributed by atoms with van der Waals surface area (Å²) in [6.45, 7) is 0.330. The van der Waals surface area contributed by atoms with Crippen molar-refractivity contribution in [2.24, 2.45) is 0 Å². The number of aromatic nitrogens is 6. The lowest BCUT2D eigenvalue weighted by molar-refractivity contribution is 0.397. The minimum atomic E-state index is -4.37. The molecule has 13 nitrogen and oxygen atoms in total. The molecule has 0 aliphatic heterocycles. The summed E-state index contributed by atoms with van der Waals surface area (Å²) in [5.41, 5.74) is 10.4. The number of nitrogens with two attached hydrogens (primary N) is 1. The van der Waals surface area contributed by atoms with Gasteiger partial charge in [0.1, 0.15) is 22.1 Å². The summed E-state index contributed by atoms with van der Waals surface area (Å²) in [5, 5.41) is 13.6. The Labute approximate surface area is 320 Å². The largest absolute Gasteiger partial charge is 0.497 e. The summed E-state index contributed by atoms with van der Waals surface area (Å²) in [7, 11) is 0.402. The van der Waals surface area contributed by atoms with Gasteiger partial charge in [0, 0.05) is 34.7 Å². The number of anilines is 1. The number of hydrogen-bond acceptors (Lipinski definition) is 11. The zero-order chi connectivity index (χ0) is 37.8. The maximum Gasteiger partial charge on any atom is 0.245 e. The van der Waals surface area contributed by atoms with E-state index in [2.05, 4.69) is 41.4 Å². The summed E-state index contributed by atoms with van der Waals surface area (Å²) in [5.74, 6) is 2.32. The number of rotatable bonds is 13. The molecule has 0 spiro atoms. The van der Waals surface area contributed by atoms with Gasteiger partial charge in [-0.25, -0.2) is 23.1 Å². The zero-order valence-electron chi connectivity index (χ0n) is 29.5. The molecule has 5 aromatic carbocycles. The van der Waals surface area contributed by atoms with Crippen LogP contribution in [0.25, 0.3) is 33.4 Å². The second-order valence-corrected chi connectivity index (χ2v) is 15.0. The van der Waals surface area contributed by atoms with Crippen LogP contribution in [-0.2, 0) is 29.7 Å². The topological polar surface area (TPSA) is 160 Å². The van der Waals surface area contributed by atoms with Crippen molar-refractivity contribution in [2.45, 2.75) is 24.5 Å². The van der Waals surface area contributed by atoms with Crippen LogP contribution in [0.1, 0.15) is 16.7 Å². The van der Waals surface area contributed by atoms with E-state index in [4.69, 9.17) is 19.9 Å². The van der Waals surface area contributed by atoms with Crippen molar-refractivity contribution < 1.29 is 22.6 Å². The molecule has 2 aromatic heterocycles. The number of ether oxygens (including phenoxy) is 3. The molecular formula is C39H35BrN8O5S.